The molecule has 3 aliphatic rings. The molecule has 0 saturated carbocycles. The highest BCUT2D eigenvalue weighted by Crippen LogP contribution is 2.39. The van der Waals surface area contributed by atoms with Crippen molar-refractivity contribution < 1.29 is 0 Å². The van der Waals surface area contributed by atoms with Crippen molar-refractivity contribution in [2.75, 3.05) is 7.05 Å². The average molecular weight is 531 g/mol. The molecule has 0 aliphatic carbocycles. The largest absolute Gasteiger partial charge is 0.333 e. The van der Waals surface area contributed by atoms with E-state index in [4.69, 9.17) is 25.0 Å². The molecular formula is C33H22N8. The molecule has 1 atom stereocenters. The quantitative estimate of drug-likeness (QED) is 0.268. The number of hydrogen-bond donors (Lipinski definition) is 2. The summed E-state index contributed by atoms with van der Waals surface area (Å²) < 4.78 is 0. The monoisotopic (exact) mass is 530 g/mol. The van der Waals surface area contributed by atoms with Gasteiger partial charge in [-0.05, 0) is 0 Å². The summed E-state index contributed by atoms with van der Waals surface area (Å²) >= 11 is 0. The van der Waals surface area contributed by atoms with E-state index in [0.717, 1.165) is 66.4 Å². The van der Waals surface area contributed by atoms with Crippen molar-refractivity contribution in [3.63, 3.8) is 0 Å². The van der Waals surface area contributed by atoms with Gasteiger partial charge in [0.25, 0.3) is 0 Å². The third kappa shape index (κ3) is 3.18. The molecule has 5 heterocycles. The molecule has 194 valence electrons. The topological polar surface area (TPSA) is 96.6 Å². The van der Waals surface area contributed by atoms with Crippen molar-refractivity contribution >= 4 is 50.7 Å². The zero-order chi connectivity index (χ0) is 27.1. The SMILES string of the molecule is CN1C2=Nc3[nH]c(c4ccccc34)N=C3N=C(N=c4[nH]c(c5ccccc45)=NC1c1ccccc12)c1ccccc13. The van der Waals surface area contributed by atoms with Gasteiger partial charge in [-0.2, -0.15) is 0 Å². The average Bonchev–Trinajstić information content (AvgIpc) is 3.72. The molecule has 0 spiro atoms. The van der Waals surface area contributed by atoms with Crippen LogP contribution in [-0.2, 0) is 0 Å². The number of aromatic nitrogens is 2. The molecule has 1 unspecified atom stereocenters. The second-order valence-corrected chi connectivity index (χ2v) is 10.4. The van der Waals surface area contributed by atoms with Crippen LogP contribution in [0.1, 0.15) is 28.4 Å². The van der Waals surface area contributed by atoms with Crippen LogP contribution in [0.4, 0.5) is 11.6 Å². The predicted molar refractivity (Wildman–Crippen MR) is 161 cm³/mol. The van der Waals surface area contributed by atoms with Gasteiger partial charge in [0.15, 0.2) is 17.8 Å². The van der Waals surface area contributed by atoms with Crippen molar-refractivity contribution in [3.8, 4) is 0 Å². The molecule has 41 heavy (non-hydrogen) atoms. The van der Waals surface area contributed by atoms with E-state index in [1.165, 1.54) is 0 Å². The van der Waals surface area contributed by atoms with Gasteiger partial charge in [-0.15, -0.1) is 0 Å². The number of rotatable bonds is 0. The van der Waals surface area contributed by atoms with Crippen molar-refractivity contribution in [1.29, 1.82) is 0 Å². The maximum absolute atomic E-state index is 5.27. The van der Waals surface area contributed by atoms with Crippen LogP contribution < -0.4 is 11.0 Å². The lowest BCUT2D eigenvalue weighted by Gasteiger charge is -2.18. The lowest BCUT2D eigenvalue weighted by Crippen LogP contribution is -2.25. The Balaban J connectivity index is 1.43. The molecule has 8 nitrogen and oxygen atoms in total. The normalized spacial score (nSPS) is 17.0. The summed E-state index contributed by atoms with van der Waals surface area (Å²) in [4.78, 5) is 34.7. The fraction of sp³-hybridized carbons (Fsp3) is 0.0606. The van der Waals surface area contributed by atoms with Crippen LogP contribution >= 0.6 is 0 Å². The number of benzene rings is 4. The zero-order valence-corrected chi connectivity index (χ0v) is 22.0. The molecule has 2 N–H and O–H groups in total. The fourth-order valence-electron chi connectivity index (χ4n) is 6.09. The summed E-state index contributed by atoms with van der Waals surface area (Å²) in [5.74, 6) is 3.54. The highest BCUT2D eigenvalue weighted by molar-refractivity contribution is 6.23. The molecule has 0 fully saturated rings. The highest BCUT2D eigenvalue weighted by atomic mass is 15.3. The third-order valence-electron chi connectivity index (χ3n) is 8.05. The Morgan fingerprint density at radius 2 is 1.10 bits per heavy atom. The van der Waals surface area contributed by atoms with E-state index in [1.807, 2.05) is 61.6 Å². The first kappa shape index (κ1) is 22.2. The van der Waals surface area contributed by atoms with Gasteiger partial charge < -0.3 is 14.9 Å². The Hall–Kier alpha value is -5.63. The lowest BCUT2D eigenvalue weighted by atomic mass is 10.1. The molecule has 8 bridgehead atoms. The minimum absolute atomic E-state index is 0.261. The van der Waals surface area contributed by atoms with Crippen molar-refractivity contribution in [1.82, 2.24) is 14.9 Å². The third-order valence-corrected chi connectivity index (χ3v) is 8.05. The number of nitrogens with one attached hydrogen (secondary N) is 2. The first-order valence-electron chi connectivity index (χ1n) is 13.5. The predicted octanol–water partition coefficient (Wildman–Crippen LogP) is 5.46. The van der Waals surface area contributed by atoms with Crippen molar-refractivity contribution in [3.05, 3.63) is 130 Å². The molecule has 0 amide bonds. The maximum atomic E-state index is 5.27. The van der Waals surface area contributed by atoms with E-state index in [0.29, 0.717) is 17.5 Å². The van der Waals surface area contributed by atoms with Crippen LogP contribution in [0.25, 0.3) is 21.5 Å². The zero-order valence-electron chi connectivity index (χ0n) is 22.0. The number of aliphatic imine (C=N–C) groups is 3. The number of H-pyrrole nitrogens is 2. The summed E-state index contributed by atoms with van der Waals surface area (Å²) in [6, 6.07) is 32.8. The summed E-state index contributed by atoms with van der Waals surface area (Å²) in [6.45, 7) is 0. The standard InChI is InChI=1S/C33H22N8/c1-41-32-24-16-8-9-17-25(24)33(41)40-31-23-15-7-5-13-21(23)29(38-31)36-27-19-11-3-2-10-18(19)26(34-27)35-28-20-12-4-6-14-22(20)30(37-28)39-32/h2-17,32,38H,1H3,(H,34,35,36,37,39). The van der Waals surface area contributed by atoms with Crippen LogP contribution in [-0.4, -0.2) is 39.4 Å². The second kappa shape index (κ2) is 8.19. The summed E-state index contributed by atoms with van der Waals surface area (Å²) in [6.07, 6.45) is -0.261. The summed E-state index contributed by atoms with van der Waals surface area (Å²) in [5.41, 5.74) is 5.53. The molecule has 6 aromatic rings. The number of hydrogen-bond acceptors (Lipinski definition) is 6. The van der Waals surface area contributed by atoms with Crippen LogP contribution in [0.2, 0.25) is 0 Å². The first-order valence-corrected chi connectivity index (χ1v) is 13.5. The van der Waals surface area contributed by atoms with E-state index in [1.54, 1.807) is 0 Å². The van der Waals surface area contributed by atoms with Crippen molar-refractivity contribution in [2.45, 2.75) is 6.17 Å². The van der Waals surface area contributed by atoms with Gasteiger partial charge in [0, 0.05) is 50.8 Å². The van der Waals surface area contributed by atoms with Gasteiger partial charge in [0.05, 0.1) is 0 Å². The molecule has 8 heteroatoms. The smallest absolute Gasteiger partial charge is 0.164 e. The molecular weight excluding hydrogens is 508 g/mol. The minimum atomic E-state index is -0.261. The van der Waals surface area contributed by atoms with Gasteiger partial charge in [0.1, 0.15) is 28.4 Å². The lowest BCUT2D eigenvalue weighted by molar-refractivity contribution is 0.400. The van der Waals surface area contributed by atoms with E-state index in [2.05, 4.69) is 57.3 Å². The molecule has 9 rings (SSSR count). The van der Waals surface area contributed by atoms with Crippen LogP contribution in [0.3, 0.4) is 0 Å². The molecule has 0 saturated heterocycles. The number of amidine groups is 3. The van der Waals surface area contributed by atoms with E-state index in [-0.39, 0.29) is 6.17 Å². The Bertz CT molecular complexity index is 2300. The summed E-state index contributed by atoms with van der Waals surface area (Å²) in [7, 11) is 2.05. The van der Waals surface area contributed by atoms with E-state index < -0.39 is 0 Å². The number of fused-ring (bicyclic) bond motifs is 19. The Morgan fingerprint density at radius 3 is 1.83 bits per heavy atom. The van der Waals surface area contributed by atoms with Gasteiger partial charge in [0.2, 0.25) is 0 Å². The molecule has 4 aromatic carbocycles. The Kier molecular flexibility index (Phi) is 4.44. The molecule has 0 radical (unpaired) electrons. The Labute approximate surface area is 233 Å². The van der Waals surface area contributed by atoms with Crippen LogP contribution in [0.15, 0.2) is 122 Å². The van der Waals surface area contributed by atoms with E-state index >= 15 is 0 Å². The summed E-state index contributed by atoms with van der Waals surface area (Å²) in [5, 5.41) is 3.97. The van der Waals surface area contributed by atoms with Crippen molar-refractivity contribution in [2.24, 2.45) is 25.0 Å². The molecule has 3 aliphatic heterocycles. The minimum Gasteiger partial charge on any atom is -0.333 e. The van der Waals surface area contributed by atoms with Gasteiger partial charge >= 0.3 is 0 Å². The fourth-order valence-corrected chi connectivity index (χ4v) is 6.09. The van der Waals surface area contributed by atoms with Crippen LogP contribution in [0.5, 0.6) is 0 Å². The highest BCUT2D eigenvalue weighted by Gasteiger charge is 2.33. The van der Waals surface area contributed by atoms with E-state index in [9.17, 15) is 0 Å². The maximum Gasteiger partial charge on any atom is 0.164 e. The molecule has 2 aromatic heterocycles. The second-order valence-electron chi connectivity index (χ2n) is 10.4. The number of nitrogens with zero attached hydrogens (tertiary/aromatic N) is 6. The number of aromatic amines is 2. The Morgan fingerprint density at radius 1 is 0.537 bits per heavy atom. The first-order chi connectivity index (χ1) is 20.2. The van der Waals surface area contributed by atoms with Gasteiger partial charge in [-0.3, -0.25) is 0 Å². The van der Waals surface area contributed by atoms with Gasteiger partial charge in [-0.1, -0.05) is 97.1 Å². The van der Waals surface area contributed by atoms with Gasteiger partial charge in [-0.25, -0.2) is 25.0 Å². The van der Waals surface area contributed by atoms with Crippen LogP contribution in [0, 0.1) is 0 Å².